The maximum Gasteiger partial charge on any atom is 0.433 e. The first-order valence-corrected chi connectivity index (χ1v) is 8.66. The van der Waals surface area contributed by atoms with Gasteiger partial charge in [-0.1, -0.05) is 0 Å². The van der Waals surface area contributed by atoms with Crippen LogP contribution in [0.3, 0.4) is 0 Å². The number of fused-ring (bicyclic) bond motifs is 1. The molecular weight excluding hydrogens is 399 g/mol. The number of rotatable bonds is 3. The Kier molecular flexibility index (Phi) is 4.61. The number of aromatic nitrogens is 4. The number of methoxy groups -OCH3 is 1. The van der Waals surface area contributed by atoms with Crippen molar-refractivity contribution in [3.05, 3.63) is 66.0 Å². The monoisotopic (exact) mass is 413 g/mol. The number of hydrogen-bond donors (Lipinski definition) is 1. The highest BCUT2D eigenvalue weighted by Crippen LogP contribution is 2.33. The van der Waals surface area contributed by atoms with Gasteiger partial charge in [-0.2, -0.15) is 13.2 Å². The van der Waals surface area contributed by atoms with Crippen molar-refractivity contribution >= 4 is 23.0 Å². The van der Waals surface area contributed by atoms with Gasteiger partial charge in [0.1, 0.15) is 17.0 Å². The van der Waals surface area contributed by atoms with Crippen molar-refractivity contribution in [2.45, 2.75) is 6.18 Å². The van der Waals surface area contributed by atoms with Crippen LogP contribution in [-0.4, -0.2) is 32.6 Å². The number of halogens is 3. The molecule has 0 amide bonds. The van der Waals surface area contributed by atoms with E-state index in [4.69, 9.17) is 5.73 Å². The number of benzene rings is 1. The molecule has 0 saturated carbocycles. The van der Waals surface area contributed by atoms with Gasteiger partial charge in [0.15, 0.2) is 11.5 Å². The standard InChI is InChI=1S/C20H14F3N5O2/c1-30-19(29)11-4-6-12(7-5-11)28-17(13-3-2-10-25-16(13)24)26-14-8-9-15(20(21,22)23)27-18(14)28/h2-10H,1H3,(H2,24,25). The quantitative estimate of drug-likeness (QED) is 0.512. The topological polar surface area (TPSA) is 95.9 Å². The van der Waals surface area contributed by atoms with Crippen molar-refractivity contribution in [2.75, 3.05) is 12.8 Å². The highest BCUT2D eigenvalue weighted by Gasteiger charge is 2.33. The van der Waals surface area contributed by atoms with E-state index in [0.29, 0.717) is 11.3 Å². The summed E-state index contributed by atoms with van der Waals surface area (Å²) in [5, 5.41) is 0. The minimum atomic E-state index is -4.62. The van der Waals surface area contributed by atoms with Gasteiger partial charge in [0, 0.05) is 11.9 Å². The minimum Gasteiger partial charge on any atom is -0.465 e. The van der Waals surface area contributed by atoms with E-state index in [9.17, 15) is 18.0 Å². The Labute approximate surface area is 168 Å². The normalized spacial score (nSPS) is 11.6. The lowest BCUT2D eigenvalue weighted by Gasteiger charge is -2.11. The number of pyridine rings is 2. The number of hydrogen-bond acceptors (Lipinski definition) is 6. The fourth-order valence-electron chi connectivity index (χ4n) is 3.01. The molecule has 4 aromatic rings. The van der Waals surface area contributed by atoms with Crippen LogP contribution in [0.15, 0.2) is 54.7 Å². The zero-order valence-corrected chi connectivity index (χ0v) is 15.5. The predicted octanol–water partition coefficient (Wildman–Crippen LogP) is 3.87. The molecule has 30 heavy (non-hydrogen) atoms. The molecule has 4 rings (SSSR count). The number of nitrogen functional groups attached to an aromatic ring is 1. The molecule has 0 spiro atoms. The highest BCUT2D eigenvalue weighted by molar-refractivity contribution is 5.90. The highest BCUT2D eigenvalue weighted by atomic mass is 19.4. The van der Waals surface area contributed by atoms with E-state index < -0.39 is 17.8 Å². The average molecular weight is 413 g/mol. The minimum absolute atomic E-state index is 0.00565. The summed E-state index contributed by atoms with van der Waals surface area (Å²) >= 11 is 0. The Balaban J connectivity index is 2.00. The molecule has 0 saturated heterocycles. The summed E-state index contributed by atoms with van der Waals surface area (Å²) in [6.45, 7) is 0. The molecule has 7 nitrogen and oxygen atoms in total. The summed E-state index contributed by atoms with van der Waals surface area (Å²) in [4.78, 5) is 24.0. The smallest absolute Gasteiger partial charge is 0.433 e. The van der Waals surface area contributed by atoms with Gasteiger partial charge in [-0.15, -0.1) is 0 Å². The zero-order valence-electron chi connectivity index (χ0n) is 15.5. The molecule has 0 bridgehead atoms. The van der Waals surface area contributed by atoms with Gasteiger partial charge in [0.05, 0.1) is 18.2 Å². The van der Waals surface area contributed by atoms with Crippen LogP contribution in [0.2, 0.25) is 0 Å². The van der Waals surface area contributed by atoms with Crippen LogP contribution in [0.1, 0.15) is 16.1 Å². The van der Waals surface area contributed by atoms with E-state index in [0.717, 1.165) is 6.07 Å². The van der Waals surface area contributed by atoms with Gasteiger partial charge in [-0.05, 0) is 48.5 Å². The number of ether oxygens (including phenoxy) is 1. The molecule has 3 aromatic heterocycles. The maximum atomic E-state index is 13.3. The number of alkyl halides is 3. The molecule has 2 N–H and O–H groups in total. The molecule has 152 valence electrons. The summed E-state index contributed by atoms with van der Waals surface area (Å²) in [5.41, 5.74) is 6.33. The summed E-state index contributed by atoms with van der Waals surface area (Å²) in [6.07, 6.45) is -3.12. The lowest BCUT2D eigenvalue weighted by Crippen LogP contribution is -2.09. The number of carbonyl (C=O) groups excluding carboxylic acids is 1. The summed E-state index contributed by atoms with van der Waals surface area (Å²) in [5.74, 6) is -0.101. The van der Waals surface area contributed by atoms with Gasteiger partial charge in [-0.25, -0.2) is 19.7 Å². The van der Waals surface area contributed by atoms with Crippen LogP contribution in [0, 0.1) is 0 Å². The van der Waals surface area contributed by atoms with Crippen LogP contribution < -0.4 is 5.73 Å². The molecule has 0 aliphatic rings. The van der Waals surface area contributed by atoms with E-state index >= 15 is 0 Å². The molecule has 0 unspecified atom stereocenters. The third kappa shape index (κ3) is 3.32. The maximum absolute atomic E-state index is 13.3. The third-order valence-corrected chi connectivity index (χ3v) is 4.42. The number of carbonyl (C=O) groups is 1. The number of nitrogens with zero attached hydrogens (tertiary/aromatic N) is 4. The Hall–Kier alpha value is -3.95. The second-order valence-corrected chi connectivity index (χ2v) is 6.28. The van der Waals surface area contributed by atoms with Crippen molar-refractivity contribution in [2.24, 2.45) is 0 Å². The second-order valence-electron chi connectivity index (χ2n) is 6.28. The summed E-state index contributed by atoms with van der Waals surface area (Å²) < 4.78 is 45.9. The van der Waals surface area contributed by atoms with Crippen molar-refractivity contribution < 1.29 is 22.7 Å². The largest absolute Gasteiger partial charge is 0.465 e. The second kappa shape index (κ2) is 7.14. The molecule has 0 atom stereocenters. The van der Waals surface area contributed by atoms with Crippen LogP contribution in [-0.2, 0) is 10.9 Å². The van der Waals surface area contributed by atoms with Crippen LogP contribution in [0.25, 0.3) is 28.2 Å². The van der Waals surface area contributed by atoms with E-state index in [1.807, 2.05) is 0 Å². The van der Waals surface area contributed by atoms with E-state index in [-0.39, 0.29) is 28.4 Å². The first kappa shape index (κ1) is 19.4. The van der Waals surface area contributed by atoms with E-state index in [2.05, 4.69) is 19.7 Å². The fraction of sp³-hybridized carbons (Fsp3) is 0.100. The molecule has 10 heteroatoms. The van der Waals surface area contributed by atoms with Crippen LogP contribution in [0.4, 0.5) is 19.0 Å². The Morgan fingerprint density at radius 3 is 2.43 bits per heavy atom. The third-order valence-electron chi connectivity index (χ3n) is 4.42. The van der Waals surface area contributed by atoms with E-state index in [1.165, 1.54) is 36.1 Å². The Morgan fingerprint density at radius 1 is 1.07 bits per heavy atom. The van der Waals surface area contributed by atoms with Gasteiger partial charge in [-0.3, -0.25) is 4.57 Å². The lowest BCUT2D eigenvalue weighted by molar-refractivity contribution is -0.141. The van der Waals surface area contributed by atoms with Crippen molar-refractivity contribution in [1.29, 1.82) is 0 Å². The van der Waals surface area contributed by atoms with Crippen molar-refractivity contribution in [3.63, 3.8) is 0 Å². The van der Waals surface area contributed by atoms with Gasteiger partial charge < -0.3 is 10.5 Å². The molecule has 0 aliphatic carbocycles. The zero-order chi connectivity index (χ0) is 21.5. The fourth-order valence-corrected chi connectivity index (χ4v) is 3.01. The number of nitrogens with two attached hydrogens (primary N) is 1. The SMILES string of the molecule is COC(=O)c1ccc(-n2c(-c3cccnc3N)nc3ccc(C(F)(F)F)nc32)cc1. The Morgan fingerprint density at radius 2 is 1.80 bits per heavy atom. The first-order valence-electron chi connectivity index (χ1n) is 8.66. The predicted molar refractivity (Wildman–Crippen MR) is 103 cm³/mol. The number of imidazole rings is 1. The van der Waals surface area contributed by atoms with Crippen molar-refractivity contribution in [1.82, 2.24) is 19.5 Å². The molecule has 3 heterocycles. The number of esters is 1. The number of anilines is 1. The van der Waals surface area contributed by atoms with Gasteiger partial charge in [0.2, 0.25) is 0 Å². The lowest BCUT2D eigenvalue weighted by atomic mass is 10.2. The van der Waals surface area contributed by atoms with Gasteiger partial charge >= 0.3 is 12.1 Å². The summed E-state index contributed by atoms with van der Waals surface area (Å²) in [7, 11) is 1.26. The first-order chi connectivity index (χ1) is 14.3. The molecule has 0 aliphatic heterocycles. The molecule has 0 radical (unpaired) electrons. The molecule has 0 fully saturated rings. The molecule has 1 aromatic carbocycles. The van der Waals surface area contributed by atoms with E-state index in [1.54, 1.807) is 24.3 Å². The molecular formula is C20H14F3N5O2. The van der Waals surface area contributed by atoms with Crippen LogP contribution >= 0.6 is 0 Å². The van der Waals surface area contributed by atoms with Gasteiger partial charge in [0.25, 0.3) is 0 Å². The summed E-state index contributed by atoms with van der Waals surface area (Å²) in [6, 6.07) is 11.5. The van der Waals surface area contributed by atoms with Crippen molar-refractivity contribution in [3.8, 4) is 17.1 Å². The van der Waals surface area contributed by atoms with Crippen LogP contribution in [0.5, 0.6) is 0 Å². The Bertz CT molecular complexity index is 1250. The average Bonchev–Trinajstić information content (AvgIpc) is 3.11.